The normalized spacial score (nSPS) is 22.9. The number of piperidine rings is 1. The fraction of sp³-hybridized carbons (Fsp3) is 0.500. The highest BCUT2D eigenvalue weighted by atomic mass is 16.5. The minimum absolute atomic E-state index is 0.0719. The van der Waals surface area contributed by atoms with Crippen molar-refractivity contribution in [2.45, 2.75) is 45.7 Å². The van der Waals surface area contributed by atoms with E-state index in [4.69, 9.17) is 9.72 Å². The molecule has 0 spiro atoms. The maximum Gasteiger partial charge on any atom is 0.258 e. The first-order chi connectivity index (χ1) is 16.0. The van der Waals surface area contributed by atoms with Crippen LogP contribution in [0.15, 0.2) is 18.3 Å². The molecule has 0 bridgehead atoms. The molecule has 1 aliphatic heterocycles. The minimum Gasteiger partial charge on any atom is -0.479 e. The number of ether oxygens (including phenoxy) is 1. The van der Waals surface area contributed by atoms with Gasteiger partial charge in [0.1, 0.15) is 11.4 Å². The molecule has 0 aromatic carbocycles. The van der Waals surface area contributed by atoms with Crippen LogP contribution >= 0.6 is 0 Å². The number of nitrogens with zero attached hydrogens (tertiary/aromatic N) is 5. The summed E-state index contributed by atoms with van der Waals surface area (Å²) in [5.41, 5.74) is 5.71. The molecule has 2 unspecified atom stereocenters. The zero-order valence-electron chi connectivity index (χ0n) is 19.3. The van der Waals surface area contributed by atoms with Gasteiger partial charge < -0.3 is 15.0 Å². The third kappa shape index (κ3) is 3.55. The van der Waals surface area contributed by atoms with E-state index in [9.17, 15) is 4.79 Å². The number of carbonyl (C=O) groups excluding carboxylic acids is 1. The van der Waals surface area contributed by atoms with E-state index in [0.717, 1.165) is 66.2 Å². The topological polar surface area (TPSA) is 101 Å². The van der Waals surface area contributed by atoms with Gasteiger partial charge in [0.2, 0.25) is 5.88 Å². The summed E-state index contributed by atoms with van der Waals surface area (Å²) in [5.74, 6) is 2.94. The highest BCUT2D eigenvalue weighted by Gasteiger charge is 2.45. The van der Waals surface area contributed by atoms with Crippen LogP contribution in [0.2, 0.25) is 0 Å². The number of aryl methyl sites for hydroxylation is 2. The molecule has 3 aromatic heterocycles. The molecule has 3 aliphatic rings. The second-order valence-electron chi connectivity index (χ2n) is 9.59. The molecule has 0 radical (unpaired) electrons. The van der Waals surface area contributed by atoms with Gasteiger partial charge >= 0.3 is 0 Å². The molecule has 33 heavy (non-hydrogen) atoms. The van der Waals surface area contributed by atoms with Crippen molar-refractivity contribution < 1.29 is 9.53 Å². The van der Waals surface area contributed by atoms with Crippen LogP contribution in [0.5, 0.6) is 5.88 Å². The molecule has 9 nitrogen and oxygen atoms in total. The summed E-state index contributed by atoms with van der Waals surface area (Å²) in [6.07, 6.45) is 4.92. The van der Waals surface area contributed by atoms with Crippen molar-refractivity contribution in [1.82, 2.24) is 30.3 Å². The zero-order chi connectivity index (χ0) is 22.7. The molecular weight excluding hydrogens is 418 g/mol. The van der Waals surface area contributed by atoms with Crippen molar-refractivity contribution in [3.63, 3.8) is 0 Å². The summed E-state index contributed by atoms with van der Waals surface area (Å²) in [7, 11) is 1.54. The monoisotopic (exact) mass is 447 g/mol. The first-order valence-electron chi connectivity index (χ1n) is 11.7. The maximum atomic E-state index is 13.1. The Kier molecular flexibility index (Phi) is 4.67. The number of hydrogen-bond donors (Lipinski definition) is 2. The van der Waals surface area contributed by atoms with E-state index in [0.29, 0.717) is 18.0 Å². The lowest BCUT2D eigenvalue weighted by Crippen LogP contribution is -2.27. The number of amides is 1. The molecule has 2 N–H and O–H groups in total. The largest absolute Gasteiger partial charge is 0.479 e. The predicted octanol–water partition coefficient (Wildman–Crippen LogP) is 2.55. The van der Waals surface area contributed by atoms with Gasteiger partial charge in [0.05, 0.1) is 31.1 Å². The van der Waals surface area contributed by atoms with E-state index >= 15 is 0 Å². The Hall–Kier alpha value is -3.36. The second kappa shape index (κ2) is 7.60. The Labute approximate surface area is 192 Å². The number of nitrogens with one attached hydrogen (secondary N) is 2. The van der Waals surface area contributed by atoms with Crippen LogP contribution in [0.3, 0.4) is 0 Å². The molecule has 1 saturated heterocycles. The minimum atomic E-state index is -0.194. The fourth-order valence-corrected chi connectivity index (χ4v) is 5.36. The number of anilines is 1. The summed E-state index contributed by atoms with van der Waals surface area (Å²) in [6.45, 7) is 6.82. The van der Waals surface area contributed by atoms with Gasteiger partial charge in [-0.15, -0.1) is 5.10 Å². The average Bonchev–Trinajstić information content (AvgIpc) is 3.23. The Bertz CT molecular complexity index is 1220. The van der Waals surface area contributed by atoms with Gasteiger partial charge in [0, 0.05) is 25.0 Å². The number of hydrogen-bond acceptors (Lipinski definition) is 6. The standard InChI is InChI=1S/C24H29N7O2/c1-13-15(4-7-21(25-13)30-9-16-8-17(16)10-30)11-31-12-19(24(29-31)33-3)23(32)26-20-6-5-18-14(2)27-28-22(18)20/h4,7,12,16-17,20H,5-6,8-11H2,1-3H3,(H,26,32)(H,27,28)/t16?,17?,20-/m1/s1. The molecule has 3 aromatic rings. The number of aromatic amines is 1. The number of methoxy groups -OCH3 is 1. The summed E-state index contributed by atoms with van der Waals surface area (Å²) in [4.78, 5) is 20.3. The van der Waals surface area contributed by atoms with Crippen molar-refractivity contribution in [3.8, 4) is 5.88 Å². The van der Waals surface area contributed by atoms with Crippen molar-refractivity contribution in [3.05, 3.63) is 52.1 Å². The predicted molar refractivity (Wildman–Crippen MR) is 123 cm³/mol. The molecule has 2 aliphatic carbocycles. The van der Waals surface area contributed by atoms with E-state index < -0.39 is 0 Å². The summed E-state index contributed by atoms with van der Waals surface area (Å²) >= 11 is 0. The molecule has 4 heterocycles. The molecule has 1 amide bonds. The van der Waals surface area contributed by atoms with E-state index in [1.165, 1.54) is 19.1 Å². The molecule has 172 valence electrons. The molecule has 1 saturated carbocycles. The lowest BCUT2D eigenvalue weighted by Gasteiger charge is -2.20. The molecule has 9 heteroatoms. The van der Waals surface area contributed by atoms with E-state index in [-0.39, 0.29) is 11.9 Å². The number of fused-ring (bicyclic) bond motifs is 2. The van der Waals surface area contributed by atoms with Crippen LogP contribution in [-0.4, -0.2) is 51.1 Å². The van der Waals surface area contributed by atoms with Crippen LogP contribution in [0.1, 0.15) is 57.5 Å². The third-order valence-electron chi connectivity index (χ3n) is 7.42. The summed E-state index contributed by atoms with van der Waals surface area (Å²) < 4.78 is 7.17. The van der Waals surface area contributed by atoms with Gasteiger partial charge in [0.25, 0.3) is 5.91 Å². The van der Waals surface area contributed by atoms with Gasteiger partial charge in [-0.05, 0) is 62.1 Å². The van der Waals surface area contributed by atoms with Crippen molar-refractivity contribution in [2.75, 3.05) is 25.1 Å². The fourth-order valence-electron chi connectivity index (χ4n) is 5.36. The smallest absolute Gasteiger partial charge is 0.258 e. The average molecular weight is 448 g/mol. The first-order valence-corrected chi connectivity index (χ1v) is 11.7. The van der Waals surface area contributed by atoms with Crippen LogP contribution in [0.25, 0.3) is 0 Å². The van der Waals surface area contributed by atoms with Crippen molar-refractivity contribution in [1.29, 1.82) is 0 Å². The quantitative estimate of drug-likeness (QED) is 0.602. The van der Waals surface area contributed by atoms with Crippen LogP contribution in [-0.2, 0) is 13.0 Å². The highest BCUT2D eigenvalue weighted by Crippen LogP contribution is 2.46. The molecular formula is C24H29N7O2. The maximum absolute atomic E-state index is 13.1. The number of carbonyl (C=O) groups is 1. The van der Waals surface area contributed by atoms with Gasteiger partial charge in [-0.2, -0.15) is 5.10 Å². The van der Waals surface area contributed by atoms with Crippen LogP contribution in [0, 0.1) is 25.7 Å². The van der Waals surface area contributed by atoms with E-state index in [2.05, 4.69) is 37.6 Å². The summed E-state index contributed by atoms with van der Waals surface area (Å²) in [6, 6.07) is 4.15. The zero-order valence-corrected chi connectivity index (χ0v) is 19.3. The Morgan fingerprint density at radius 1 is 1.24 bits per heavy atom. The SMILES string of the molecule is COc1nn(Cc2ccc(N3CC4CC4C3)nc2C)cc1C(=O)N[C@@H]1CCc2c(C)n[nH]c21. The van der Waals surface area contributed by atoms with E-state index in [1.54, 1.807) is 10.9 Å². The Balaban J connectivity index is 1.17. The van der Waals surface area contributed by atoms with Crippen LogP contribution in [0.4, 0.5) is 5.82 Å². The lowest BCUT2D eigenvalue weighted by atomic mass is 10.2. The first kappa shape index (κ1) is 20.3. The van der Waals surface area contributed by atoms with Gasteiger partial charge in [-0.3, -0.25) is 14.6 Å². The van der Waals surface area contributed by atoms with Gasteiger partial charge in [-0.1, -0.05) is 6.07 Å². The van der Waals surface area contributed by atoms with Gasteiger partial charge in [0.15, 0.2) is 0 Å². The van der Waals surface area contributed by atoms with Crippen LogP contribution < -0.4 is 15.0 Å². The Morgan fingerprint density at radius 2 is 2.06 bits per heavy atom. The lowest BCUT2D eigenvalue weighted by molar-refractivity contribution is 0.0932. The van der Waals surface area contributed by atoms with Gasteiger partial charge in [-0.25, -0.2) is 4.98 Å². The number of pyridine rings is 1. The third-order valence-corrected chi connectivity index (χ3v) is 7.42. The van der Waals surface area contributed by atoms with Crippen molar-refractivity contribution in [2.24, 2.45) is 11.8 Å². The van der Waals surface area contributed by atoms with Crippen molar-refractivity contribution >= 4 is 11.7 Å². The number of aromatic nitrogens is 5. The highest BCUT2D eigenvalue weighted by molar-refractivity contribution is 5.96. The number of H-pyrrole nitrogens is 1. The summed E-state index contributed by atoms with van der Waals surface area (Å²) in [5, 5.41) is 15.0. The second-order valence-corrected chi connectivity index (χ2v) is 9.59. The molecule has 6 rings (SSSR count). The molecule has 3 atom stereocenters. The molecule has 2 fully saturated rings. The Morgan fingerprint density at radius 3 is 2.82 bits per heavy atom. The number of rotatable bonds is 6. The van der Waals surface area contributed by atoms with E-state index in [1.807, 2.05) is 13.8 Å².